The number of aliphatic carboxylic acids is 1. The van der Waals surface area contributed by atoms with Crippen molar-refractivity contribution >= 4 is 29.3 Å². The molecule has 0 spiro atoms. The van der Waals surface area contributed by atoms with Gasteiger partial charge in [-0.15, -0.1) is 0 Å². The van der Waals surface area contributed by atoms with Crippen molar-refractivity contribution in [3.63, 3.8) is 0 Å². The van der Waals surface area contributed by atoms with Crippen LogP contribution in [0.25, 0.3) is 0 Å². The van der Waals surface area contributed by atoms with Crippen molar-refractivity contribution in [1.82, 2.24) is 14.8 Å². The molecule has 0 aliphatic rings. The molecule has 2 aromatic rings. The molecule has 0 saturated carbocycles. The van der Waals surface area contributed by atoms with Crippen molar-refractivity contribution in [3.8, 4) is 0 Å². The number of carbonyl (C=O) groups excluding carboxylic acids is 1. The number of nitrogens with one attached hydrogen (secondary N) is 1. The van der Waals surface area contributed by atoms with Gasteiger partial charge in [-0.05, 0) is 18.2 Å². The lowest BCUT2D eigenvalue weighted by Crippen LogP contribution is -2.14. The first-order valence-electron chi connectivity index (χ1n) is 5.73. The molecule has 0 saturated heterocycles. The first-order valence-corrected chi connectivity index (χ1v) is 6.10. The fourth-order valence-electron chi connectivity index (χ4n) is 1.45. The van der Waals surface area contributed by atoms with Crippen LogP contribution in [0.1, 0.15) is 16.9 Å². The second kappa shape index (κ2) is 6.16. The Bertz CT molecular complexity index is 624. The van der Waals surface area contributed by atoms with Gasteiger partial charge in [-0.3, -0.25) is 14.3 Å². The number of carboxylic acids is 1. The van der Waals surface area contributed by atoms with Gasteiger partial charge in [0.15, 0.2) is 5.69 Å². The Kier molecular flexibility index (Phi) is 4.31. The summed E-state index contributed by atoms with van der Waals surface area (Å²) >= 11 is 5.69. The minimum absolute atomic E-state index is 0.0541. The number of pyridine rings is 1. The second-order valence-electron chi connectivity index (χ2n) is 3.92. The highest BCUT2D eigenvalue weighted by atomic mass is 35.5. The Balaban J connectivity index is 1.98. The van der Waals surface area contributed by atoms with E-state index in [2.05, 4.69) is 15.4 Å². The molecule has 0 aliphatic carbocycles. The van der Waals surface area contributed by atoms with E-state index in [1.807, 2.05) is 0 Å². The lowest BCUT2D eigenvalue weighted by atomic mass is 10.4. The summed E-state index contributed by atoms with van der Waals surface area (Å²) in [5.74, 6) is -0.981. The maximum atomic E-state index is 11.9. The molecule has 0 atom stereocenters. The SMILES string of the molecule is O=C(O)CCn1ccc(C(=O)Nc2ccc(Cl)cn2)n1. The number of rotatable bonds is 5. The molecule has 0 aliphatic heterocycles. The van der Waals surface area contributed by atoms with Gasteiger partial charge >= 0.3 is 5.97 Å². The monoisotopic (exact) mass is 294 g/mol. The van der Waals surface area contributed by atoms with Crippen LogP contribution in [0.5, 0.6) is 0 Å². The van der Waals surface area contributed by atoms with Crippen molar-refractivity contribution in [2.24, 2.45) is 0 Å². The number of carbonyl (C=O) groups is 2. The van der Waals surface area contributed by atoms with Gasteiger partial charge in [-0.2, -0.15) is 5.10 Å². The first kappa shape index (κ1) is 14.0. The Morgan fingerprint density at radius 1 is 1.35 bits per heavy atom. The standard InChI is InChI=1S/C12H11ClN4O3/c13-8-1-2-10(14-7-8)15-12(20)9-3-5-17(16-9)6-4-11(18)19/h1-3,5,7H,4,6H2,(H,18,19)(H,14,15,20). The minimum atomic E-state index is -0.920. The van der Waals surface area contributed by atoms with Crippen LogP contribution in [0.4, 0.5) is 5.82 Å². The zero-order chi connectivity index (χ0) is 14.5. The molecular weight excluding hydrogens is 284 g/mol. The van der Waals surface area contributed by atoms with Crippen LogP contribution in [0.2, 0.25) is 5.02 Å². The molecule has 7 nitrogen and oxygen atoms in total. The molecule has 2 aromatic heterocycles. The molecule has 20 heavy (non-hydrogen) atoms. The van der Waals surface area contributed by atoms with Gasteiger partial charge in [-0.1, -0.05) is 11.6 Å². The van der Waals surface area contributed by atoms with Crippen LogP contribution in [0, 0.1) is 0 Å². The third-order valence-electron chi connectivity index (χ3n) is 2.40. The summed E-state index contributed by atoms with van der Waals surface area (Å²) < 4.78 is 1.40. The predicted molar refractivity (Wildman–Crippen MR) is 71.7 cm³/mol. The molecule has 0 unspecified atom stereocenters. The molecule has 2 rings (SSSR count). The maximum Gasteiger partial charge on any atom is 0.305 e. The number of carboxylic acid groups (broad SMARTS) is 1. The third-order valence-corrected chi connectivity index (χ3v) is 2.62. The zero-order valence-electron chi connectivity index (χ0n) is 10.3. The Hall–Kier alpha value is -2.41. The molecular formula is C12H11ClN4O3. The molecule has 2 heterocycles. The van der Waals surface area contributed by atoms with Gasteiger partial charge in [0.05, 0.1) is 18.0 Å². The van der Waals surface area contributed by atoms with Crippen LogP contribution in [-0.4, -0.2) is 31.7 Å². The van der Waals surface area contributed by atoms with E-state index in [-0.39, 0.29) is 18.7 Å². The molecule has 0 fully saturated rings. The van der Waals surface area contributed by atoms with Crippen molar-refractivity contribution in [1.29, 1.82) is 0 Å². The van der Waals surface area contributed by atoms with E-state index in [0.717, 1.165) is 0 Å². The maximum absolute atomic E-state index is 11.9. The number of aromatic nitrogens is 3. The predicted octanol–water partition coefficient (Wildman–Crippen LogP) is 1.66. The van der Waals surface area contributed by atoms with Gasteiger partial charge in [0, 0.05) is 12.4 Å². The number of aryl methyl sites for hydroxylation is 1. The van der Waals surface area contributed by atoms with E-state index in [1.165, 1.54) is 16.9 Å². The fraction of sp³-hybridized carbons (Fsp3) is 0.167. The average Bonchev–Trinajstić information content (AvgIpc) is 2.88. The number of halogens is 1. The van der Waals surface area contributed by atoms with Gasteiger partial charge in [0.1, 0.15) is 5.82 Å². The molecule has 0 radical (unpaired) electrons. The summed E-state index contributed by atoms with van der Waals surface area (Å²) in [7, 11) is 0. The van der Waals surface area contributed by atoms with Crippen LogP contribution >= 0.6 is 11.6 Å². The Morgan fingerprint density at radius 3 is 2.80 bits per heavy atom. The molecule has 0 aromatic carbocycles. The minimum Gasteiger partial charge on any atom is -0.481 e. The van der Waals surface area contributed by atoms with Gasteiger partial charge < -0.3 is 10.4 Å². The first-order chi connectivity index (χ1) is 9.54. The van der Waals surface area contributed by atoms with E-state index in [1.54, 1.807) is 18.3 Å². The fourth-order valence-corrected chi connectivity index (χ4v) is 1.56. The van der Waals surface area contributed by atoms with Gasteiger partial charge in [0.25, 0.3) is 5.91 Å². The summed E-state index contributed by atoms with van der Waals surface area (Å²) in [6.45, 7) is 0.210. The number of amides is 1. The van der Waals surface area contributed by atoms with Crippen molar-refractivity contribution in [3.05, 3.63) is 41.3 Å². The summed E-state index contributed by atoms with van der Waals surface area (Å²) in [6.07, 6.45) is 2.91. The van der Waals surface area contributed by atoms with Crippen LogP contribution < -0.4 is 5.32 Å². The lowest BCUT2D eigenvalue weighted by molar-refractivity contribution is -0.137. The van der Waals surface area contributed by atoms with Crippen LogP contribution in [0.3, 0.4) is 0 Å². The molecule has 2 N–H and O–H groups in total. The normalized spacial score (nSPS) is 10.2. The third kappa shape index (κ3) is 3.79. The van der Waals surface area contributed by atoms with E-state index in [0.29, 0.717) is 10.8 Å². The largest absolute Gasteiger partial charge is 0.481 e. The highest BCUT2D eigenvalue weighted by Gasteiger charge is 2.10. The lowest BCUT2D eigenvalue weighted by Gasteiger charge is -2.02. The average molecular weight is 295 g/mol. The summed E-state index contributed by atoms with van der Waals surface area (Å²) in [4.78, 5) is 26.3. The number of anilines is 1. The van der Waals surface area contributed by atoms with E-state index >= 15 is 0 Å². The highest BCUT2D eigenvalue weighted by molar-refractivity contribution is 6.30. The topological polar surface area (TPSA) is 97.1 Å². The summed E-state index contributed by atoms with van der Waals surface area (Å²) in [6, 6.07) is 4.68. The van der Waals surface area contributed by atoms with Crippen LogP contribution in [-0.2, 0) is 11.3 Å². The van der Waals surface area contributed by atoms with Crippen molar-refractivity contribution in [2.45, 2.75) is 13.0 Å². The molecule has 104 valence electrons. The summed E-state index contributed by atoms with van der Waals surface area (Å²) in [5.41, 5.74) is 0.187. The molecule has 8 heteroatoms. The Morgan fingerprint density at radius 2 is 2.15 bits per heavy atom. The quantitative estimate of drug-likeness (QED) is 0.874. The summed E-state index contributed by atoms with van der Waals surface area (Å²) in [5, 5.41) is 15.6. The Labute approximate surface area is 119 Å². The van der Waals surface area contributed by atoms with E-state index < -0.39 is 11.9 Å². The smallest absolute Gasteiger partial charge is 0.305 e. The zero-order valence-corrected chi connectivity index (χ0v) is 11.0. The van der Waals surface area contributed by atoms with Crippen molar-refractivity contribution in [2.75, 3.05) is 5.32 Å². The number of nitrogens with zero attached hydrogens (tertiary/aromatic N) is 3. The van der Waals surface area contributed by atoms with Crippen molar-refractivity contribution < 1.29 is 14.7 Å². The highest BCUT2D eigenvalue weighted by Crippen LogP contribution is 2.10. The molecule has 1 amide bonds. The molecule has 0 bridgehead atoms. The van der Waals surface area contributed by atoms with Gasteiger partial charge in [-0.25, -0.2) is 4.98 Å². The second-order valence-corrected chi connectivity index (χ2v) is 4.36. The van der Waals surface area contributed by atoms with Gasteiger partial charge in [0.2, 0.25) is 0 Å². The number of hydrogen-bond donors (Lipinski definition) is 2. The van der Waals surface area contributed by atoms with E-state index in [9.17, 15) is 9.59 Å². The van der Waals surface area contributed by atoms with Crippen LogP contribution in [0.15, 0.2) is 30.6 Å². The van der Waals surface area contributed by atoms with E-state index in [4.69, 9.17) is 16.7 Å². The number of hydrogen-bond acceptors (Lipinski definition) is 4.